The lowest BCUT2D eigenvalue weighted by atomic mass is 10.1. The summed E-state index contributed by atoms with van der Waals surface area (Å²) in [5.74, 6) is -1.48. The molecule has 0 bridgehead atoms. The molecule has 0 aromatic carbocycles. The molecule has 9 nitrogen and oxygen atoms in total. The minimum absolute atomic E-state index is 0.0393. The highest BCUT2D eigenvalue weighted by molar-refractivity contribution is 5.77. The van der Waals surface area contributed by atoms with Crippen molar-refractivity contribution in [3.8, 4) is 0 Å². The molecule has 2 heterocycles. The Morgan fingerprint density at radius 1 is 1.36 bits per heavy atom. The largest absolute Gasteiger partial charge is 0.481 e. The number of rotatable bonds is 5. The Morgan fingerprint density at radius 2 is 2.04 bits per heavy atom. The first kappa shape index (κ1) is 20.6. The number of carboxylic acids is 2. The number of carboxylic acid groups (broad SMARTS) is 2. The van der Waals surface area contributed by atoms with Crippen LogP contribution in [0.3, 0.4) is 0 Å². The number of aryl methyl sites for hydroxylation is 2. The molecule has 1 fully saturated rings. The normalized spacial score (nSPS) is 17.2. The third-order valence-corrected chi connectivity index (χ3v) is 3.65. The standard InChI is InChI=1S/C14H21N3O4.C2H4O2/c1-2-12-15-4-6-16(12)5-3-13(18)17-7-8-21-10-11(9-17)14(19)20;1-2(3)4/h4,6,11H,2-3,5,7-10H2,1H3,(H,19,20);1H3,(H,3,4). The van der Waals surface area contributed by atoms with Gasteiger partial charge < -0.3 is 24.4 Å². The van der Waals surface area contributed by atoms with E-state index in [2.05, 4.69) is 4.98 Å². The fourth-order valence-corrected chi connectivity index (χ4v) is 2.42. The van der Waals surface area contributed by atoms with Crippen LogP contribution in [0.25, 0.3) is 0 Å². The van der Waals surface area contributed by atoms with Gasteiger partial charge in [-0.05, 0) is 0 Å². The van der Waals surface area contributed by atoms with Crippen molar-refractivity contribution < 1.29 is 29.3 Å². The van der Waals surface area contributed by atoms with Gasteiger partial charge >= 0.3 is 5.97 Å². The zero-order valence-corrected chi connectivity index (χ0v) is 14.6. The summed E-state index contributed by atoms with van der Waals surface area (Å²) in [6.45, 7) is 4.90. The first-order chi connectivity index (χ1) is 11.8. The van der Waals surface area contributed by atoms with Crippen LogP contribution in [0, 0.1) is 5.92 Å². The molecule has 9 heteroatoms. The van der Waals surface area contributed by atoms with Gasteiger partial charge in [0.1, 0.15) is 5.82 Å². The van der Waals surface area contributed by atoms with E-state index in [0.717, 1.165) is 19.2 Å². The Kier molecular flexibility index (Phi) is 8.62. The van der Waals surface area contributed by atoms with E-state index in [4.69, 9.17) is 19.7 Å². The molecule has 140 valence electrons. The number of carbonyl (C=O) groups excluding carboxylic acids is 1. The molecular formula is C16H25N3O6. The van der Waals surface area contributed by atoms with Crippen LogP contribution >= 0.6 is 0 Å². The highest BCUT2D eigenvalue weighted by Crippen LogP contribution is 2.10. The fourth-order valence-electron chi connectivity index (χ4n) is 2.42. The second-order valence-electron chi connectivity index (χ2n) is 5.61. The van der Waals surface area contributed by atoms with Crippen LogP contribution in [0.1, 0.15) is 26.1 Å². The van der Waals surface area contributed by atoms with Crippen molar-refractivity contribution in [1.82, 2.24) is 14.5 Å². The van der Waals surface area contributed by atoms with E-state index in [9.17, 15) is 9.59 Å². The average molecular weight is 355 g/mol. The zero-order valence-electron chi connectivity index (χ0n) is 14.6. The van der Waals surface area contributed by atoms with Crippen LogP contribution in [-0.2, 0) is 32.1 Å². The number of amides is 1. The zero-order chi connectivity index (χ0) is 18.8. The van der Waals surface area contributed by atoms with Gasteiger partial charge in [-0.15, -0.1) is 0 Å². The van der Waals surface area contributed by atoms with E-state index >= 15 is 0 Å². The third-order valence-electron chi connectivity index (χ3n) is 3.65. The topological polar surface area (TPSA) is 122 Å². The highest BCUT2D eigenvalue weighted by atomic mass is 16.5. The van der Waals surface area contributed by atoms with E-state index in [-0.39, 0.29) is 19.1 Å². The van der Waals surface area contributed by atoms with Crippen LogP contribution in [0.15, 0.2) is 12.4 Å². The quantitative estimate of drug-likeness (QED) is 0.788. The van der Waals surface area contributed by atoms with Gasteiger partial charge in [0.05, 0.1) is 19.1 Å². The SMILES string of the molecule is CC(=O)O.CCc1nccn1CCC(=O)N1CCOCC(C(=O)O)C1. The number of hydrogen-bond acceptors (Lipinski definition) is 5. The Balaban J connectivity index is 0.000000705. The van der Waals surface area contributed by atoms with E-state index in [1.54, 1.807) is 11.1 Å². The second-order valence-corrected chi connectivity index (χ2v) is 5.61. The molecular weight excluding hydrogens is 330 g/mol. The Morgan fingerprint density at radius 3 is 2.64 bits per heavy atom. The number of ether oxygens (including phenoxy) is 1. The predicted molar refractivity (Wildman–Crippen MR) is 88.1 cm³/mol. The van der Waals surface area contributed by atoms with E-state index in [1.807, 2.05) is 17.7 Å². The number of nitrogens with zero attached hydrogens (tertiary/aromatic N) is 3. The fraction of sp³-hybridized carbons (Fsp3) is 0.625. The van der Waals surface area contributed by atoms with Crippen molar-refractivity contribution >= 4 is 17.8 Å². The third kappa shape index (κ3) is 7.34. The lowest BCUT2D eigenvalue weighted by molar-refractivity contribution is -0.144. The van der Waals surface area contributed by atoms with Crippen LogP contribution in [0.4, 0.5) is 0 Å². The smallest absolute Gasteiger partial charge is 0.310 e. The summed E-state index contributed by atoms with van der Waals surface area (Å²) in [6, 6.07) is 0. The summed E-state index contributed by atoms with van der Waals surface area (Å²) >= 11 is 0. The number of aliphatic carboxylic acids is 2. The van der Waals surface area contributed by atoms with Crippen molar-refractivity contribution in [3.05, 3.63) is 18.2 Å². The number of carbonyl (C=O) groups is 3. The van der Waals surface area contributed by atoms with Gasteiger partial charge in [0.25, 0.3) is 5.97 Å². The molecule has 1 unspecified atom stereocenters. The van der Waals surface area contributed by atoms with Gasteiger partial charge in [-0.2, -0.15) is 0 Å². The van der Waals surface area contributed by atoms with E-state index in [1.165, 1.54) is 0 Å². The molecule has 1 aromatic heterocycles. The molecule has 0 radical (unpaired) electrons. The van der Waals surface area contributed by atoms with Crippen molar-refractivity contribution in [2.24, 2.45) is 5.92 Å². The molecule has 1 amide bonds. The Bertz CT molecular complexity index is 582. The number of imidazole rings is 1. The van der Waals surface area contributed by atoms with Crippen LogP contribution in [0.5, 0.6) is 0 Å². The minimum Gasteiger partial charge on any atom is -0.481 e. The van der Waals surface area contributed by atoms with Gasteiger partial charge in [-0.25, -0.2) is 4.98 Å². The van der Waals surface area contributed by atoms with Crippen LogP contribution in [0.2, 0.25) is 0 Å². The summed E-state index contributed by atoms with van der Waals surface area (Å²) < 4.78 is 7.20. The van der Waals surface area contributed by atoms with Crippen molar-refractivity contribution in [3.63, 3.8) is 0 Å². The molecule has 2 N–H and O–H groups in total. The summed E-state index contributed by atoms with van der Waals surface area (Å²) in [4.78, 5) is 38.1. The monoisotopic (exact) mass is 355 g/mol. The molecule has 0 aliphatic carbocycles. The molecule has 1 aromatic rings. The van der Waals surface area contributed by atoms with Crippen molar-refractivity contribution in [2.75, 3.05) is 26.3 Å². The summed E-state index contributed by atoms with van der Waals surface area (Å²) in [5, 5.41) is 16.5. The summed E-state index contributed by atoms with van der Waals surface area (Å²) in [5.41, 5.74) is 0. The summed E-state index contributed by atoms with van der Waals surface area (Å²) in [7, 11) is 0. The highest BCUT2D eigenvalue weighted by Gasteiger charge is 2.26. The van der Waals surface area contributed by atoms with E-state index in [0.29, 0.717) is 26.1 Å². The van der Waals surface area contributed by atoms with Gasteiger partial charge in [0.15, 0.2) is 0 Å². The van der Waals surface area contributed by atoms with Gasteiger partial charge in [-0.1, -0.05) is 6.92 Å². The van der Waals surface area contributed by atoms with E-state index < -0.39 is 17.9 Å². The van der Waals surface area contributed by atoms with Gasteiger partial charge in [0.2, 0.25) is 5.91 Å². The second kappa shape index (κ2) is 10.4. The molecule has 1 saturated heterocycles. The molecule has 25 heavy (non-hydrogen) atoms. The number of aromatic nitrogens is 2. The maximum Gasteiger partial charge on any atom is 0.310 e. The first-order valence-electron chi connectivity index (χ1n) is 8.13. The molecule has 0 saturated carbocycles. The predicted octanol–water partition coefficient (Wildman–Crippen LogP) is 0.486. The molecule has 1 atom stereocenters. The molecule has 0 spiro atoms. The van der Waals surface area contributed by atoms with Crippen LogP contribution < -0.4 is 0 Å². The average Bonchev–Trinajstić information content (AvgIpc) is 2.85. The maximum absolute atomic E-state index is 12.3. The Hall–Kier alpha value is -2.42. The molecule has 1 aliphatic rings. The maximum atomic E-state index is 12.3. The van der Waals surface area contributed by atoms with Crippen LogP contribution in [-0.4, -0.2) is 68.8 Å². The number of hydrogen-bond donors (Lipinski definition) is 2. The lowest BCUT2D eigenvalue weighted by Gasteiger charge is -2.22. The van der Waals surface area contributed by atoms with Crippen molar-refractivity contribution in [1.29, 1.82) is 0 Å². The Labute approximate surface area is 146 Å². The van der Waals surface area contributed by atoms with Crippen molar-refractivity contribution in [2.45, 2.75) is 33.2 Å². The van der Waals surface area contributed by atoms with Gasteiger partial charge in [-0.3, -0.25) is 14.4 Å². The minimum atomic E-state index is -0.919. The lowest BCUT2D eigenvalue weighted by Crippen LogP contribution is -2.38. The van der Waals surface area contributed by atoms with Gasteiger partial charge in [0, 0.05) is 51.8 Å². The molecule has 2 rings (SSSR count). The molecule has 1 aliphatic heterocycles. The first-order valence-corrected chi connectivity index (χ1v) is 8.13. The summed E-state index contributed by atoms with van der Waals surface area (Å²) in [6.07, 6.45) is 4.75.